The van der Waals surface area contributed by atoms with Gasteiger partial charge in [0.1, 0.15) is 0 Å². The summed E-state index contributed by atoms with van der Waals surface area (Å²) in [6.45, 7) is 2.13. The van der Waals surface area contributed by atoms with Crippen LogP contribution in [0.4, 0.5) is 0 Å². The zero-order valence-electron chi connectivity index (χ0n) is 11.9. The first kappa shape index (κ1) is 13.1. The molecule has 20 heavy (non-hydrogen) atoms. The van der Waals surface area contributed by atoms with Gasteiger partial charge in [0.2, 0.25) is 0 Å². The van der Waals surface area contributed by atoms with Crippen molar-refractivity contribution in [2.24, 2.45) is 14.1 Å². The Bertz CT molecular complexity index is 722. The van der Waals surface area contributed by atoms with Crippen molar-refractivity contribution < 1.29 is 0 Å². The smallest absolute Gasteiger partial charge is 0.299 e. The van der Waals surface area contributed by atoms with E-state index >= 15 is 0 Å². The third-order valence-corrected chi connectivity index (χ3v) is 4.12. The van der Waals surface area contributed by atoms with Crippen LogP contribution in [0.1, 0.15) is 24.1 Å². The molecule has 1 aliphatic carbocycles. The quantitative estimate of drug-likeness (QED) is 0.796. The van der Waals surface area contributed by atoms with Crippen molar-refractivity contribution >= 4 is 0 Å². The van der Waals surface area contributed by atoms with E-state index in [1.54, 1.807) is 18.7 Å². The molecule has 0 bridgehead atoms. The zero-order chi connectivity index (χ0) is 14.3. The number of fused-ring (bicyclic) bond motifs is 1. The van der Waals surface area contributed by atoms with Gasteiger partial charge in [0.15, 0.2) is 0 Å². The minimum atomic E-state index is -0.243. The van der Waals surface area contributed by atoms with Gasteiger partial charge in [0.25, 0.3) is 5.56 Å². The van der Waals surface area contributed by atoms with Crippen molar-refractivity contribution in [2.45, 2.75) is 25.9 Å². The first-order valence-electron chi connectivity index (χ1n) is 6.93. The molecule has 3 rings (SSSR count). The SMILES string of the molecule is Cn1c2c(c(=O)n(C)c1=O)CN(CC1=CCCC=C1)C2. The van der Waals surface area contributed by atoms with Gasteiger partial charge in [0, 0.05) is 39.4 Å². The Morgan fingerprint density at radius 1 is 1.10 bits per heavy atom. The van der Waals surface area contributed by atoms with Crippen LogP contribution in [0, 0.1) is 0 Å². The van der Waals surface area contributed by atoms with Gasteiger partial charge in [-0.3, -0.25) is 18.8 Å². The van der Waals surface area contributed by atoms with Crippen molar-refractivity contribution in [1.29, 1.82) is 0 Å². The van der Waals surface area contributed by atoms with E-state index in [0.717, 1.165) is 30.6 Å². The highest BCUT2D eigenvalue weighted by molar-refractivity contribution is 5.27. The number of rotatable bonds is 2. The topological polar surface area (TPSA) is 47.2 Å². The molecule has 0 saturated carbocycles. The van der Waals surface area contributed by atoms with E-state index in [1.165, 1.54) is 10.1 Å². The van der Waals surface area contributed by atoms with Gasteiger partial charge >= 0.3 is 5.69 Å². The lowest BCUT2D eigenvalue weighted by Gasteiger charge is -2.16. The maximum Gasteiger partial charge on any atom is 0.330 e. The second-order valence-corrected chi connectivity index (χ2v) is 5.53. The van der Waals surface area contributed by atoms with Crippen LogP contribution in [0.25, 0.3) is 0 Å². The fourth-order valence-electron chi connectivity index (χ4n) is 2.96. The van der Waals surface area contributed by atoms with Crippen LogP contribution in [0.3, 0.4) is 0 Å². The summed E-state index contributed by atoms with van der Waals surface area (Å²) in [4.78, 5) is 26.3. The van der Waals surface area contributed by atoms with Gasteiger partial charge in [-0.05, 0) is 18.4 Å². The summed E-state index contributed by atoms with van der Waals surface area (Å²) >= 11 is 0. The van der Waals surface area contributed by atoms with Gasteiger partial charge in [-0.15, -0.1) is 0 Å². The van der Waals surface area contributed by atoms with Crippen molar-refractivity contribution in [1.82, 2.24) is 14.0 Å². The third kappa shape index (κ3) is 2.08. The first-order valence-corrected chi connectivity index (χ1v) is 6.93. The summed E-state index contributed by atoms with van der Waals surface area (Å²) in [5.74, 6) is 0. The molecule has 0 unspecified atom stereocenters. The second-order valence-electron chi connectivity index (χ2n) is 5.53. The molecule has 1 aromatic heterocycles. The molecule has 0 fully saturated rings. The van der Waals surface area contributed by atoms with Crippen LogP contribution in [-0.2, 0) is 27.2 Å². The summed E-state index contributed by atoms with van der Waals surface area (Å²) in [5.41, 5.74) is 2.52. The highest BCUT2D eigenvalue weighted by Gasteiger charge is 2.26. The molecule has 2 heterocycles. The van der Waals surface area contributed by atoms with Gasteiger partial charge < -0.3 is 0 Å². The maximum absolute atomic E-state index is 12.2. The molecular formula is C15H19N3O2. The molecule has 1 aromatic rings. The summed E-state index contributed by atoms with van der Waals surface area (Å²) in [6, 6.07) is 0. The summed E-state index contributed by atoms with van der Waals surface area (Å²) in [6.07, 6.45) is 8.79. The minimum absolute atomic E-state index is 0.154. The maximum atomic E-state index is 12.2. The lowest BCUT2D eigenvalue weighted by atomic mass is 10.1. The largest absolute Gasteiger partial charge is 0.330 e. The monoisotopic (exact) mass is 273 g/mol. The van der Waals surface area contributed by atoms with Gasteiger partial charge in [-0.1, -0.05) is 18.2 Å². The van der Waals surface area contributed by atoms with Crippen molar-refractivity contribution in [3.63, 3.8) is 0 Å². The van der Waals surface area contributed by atoms with Crippen LogP contribution < -0.4 is 11.2 Å². The molecule has 0 amide bonds. The van der Waals surface area contributed by atoms with Gasteiger partial charge in [-0.25, -0.2) is 4.79 Å². The molecule has 1 aliphatic heterocycles. The lowest BCUT2D eigenvalue weighted by Crippen LogP contribution is -2.39. The standard InChI is InChI=1S/C15H19N3O2/c1-16-13-10-18(8-11-6-4-3-5-7-11)9-12(13)14(19)17(2)15(16)20/h4,6-7H,3,5,8-10H2,1-2H3. The molecule has 0 saturated heterocycles. The molecule has 5 heteroatoms. The third-order valence-electron chi connectivity index (χ3n) is 4.12. The average Bonchev–Trinajstić information content (AvgIpc) is 2.88. The van der Waals surface area contributed by atoms with Gasteiger partial charge in [0.05, 0.1) is 5.56 Å². The Balaban J connectivity index is 1.89. The number of hydrogen-bond acceptors (Lipinski definition) is 3. The highest BCUT2D eigenvalue weighted by Crippen LogP contribution is 2.20. The molecule has 5 nitrogen and oxygen atoms in total. The second kappa shape index (κ2) is 4.90. The lowest BCUT2D eigenvalue weighted by molar-refractivity contribution is 0.307. The summed E-state index contributed by atoms with van der Waals surface area (Å²) in [7, 11) is 3.28. The Morgan fingerprint density at radius 2 is 1.90 bits per heavy atom. The van der Waals surface area contributed by atoms with Gasteiger partial charge in [-0.2, -0.15) is 0 Å². The van der Waals surface area contributed by atoms with Crippen LogP contribution in [0.15, 0.2) is 33.4 Å². The first-order chi connectivity index (χ1) is 9.58. The average molecular weight is 273 g/mol. The zero-order valence-corrected chi connectivity index (χ0v) is 11.9. The van der Waals surface area contributed by atoms with E-state index in [9.17, 15) is 9.59 Å². The van der Waals surface area contributed by atoms with E-state index in [4.69, 9.17) is 0 Å². The van der Waals surface area contributed by atoms with Crippen LogP contribution in [0.2, 0.25) is 0 Å². The van der Waals surface area contributed by atoms with E-state index in [2.05, 4.69) is 23.1 Å². The summed E-state index contributed by atoms with van der Waals surface area (Å²) < 4.78 is 2.80. The van der Waals surface area contributed by atoms with Crippen LogP contribution in [0.5, 0.6) is 0 Å². The van der Waals surface area contributed by atoms with Crippen molar-refractivity contribution in [3.8, 4) is 0 Å². The predicted octanol–water partition coefficient (Wildman–Crippen LogP) is 0.676. The molecule has 0 spiro atoms. The number of nitrogens with zero attached hydrogens (tertiary/aromatic N) is 3. The molecule has 2 aliphatic rings. The van der Waals surface area contributed by atoms with Crippen molar-refractivity contribution in [2.75, 3.05) is 6.54 Å². The van der Waals surface area contributed by atoms with E-state index in [1.807, 2.05) is 0 Å². The Kier molecular flexibility index (Phi) is 3.22. The normalized spacial score (nSPS) is 18.2. The Hall–Kier alpha value is -1.88. The minimum Gasteiger partial charge on any atom is -0.299 e. The van der Waals surface area contributed by atoms with Crippen LogP contribution >= 0.6 is 0 Å². The predicted molar refractivity (Wildman–Crippen MR) is 77.5 cm³/mol. The van der Waals surface area contributed by atoms with Crippen molar-refractivity contribution in [3.05, 3.63) is 55.9 Å². The molecule has 106 valence electrons. The summed E-state index contributed by atoms with van der Waals surface area (Å²) in [5, 5.41) is 0. The molecule has 0 atom stereocenters. The molecule has 0 N–H and O–H groups in total. The number of hydrogen-bond donors (Lipinski definition) is 0. The Morgan fingerprint density at radius 3 is 2.60 bits per heavy atom. The van der Waals surface area contributed by atoms with E-state index in [0.29, 0.717) is 13.1 Å². The molecule has 0 aromatic carbocycles. The van der Waals surface area contributed by atoms with E-state index in [-0.39, 0.29) is 11.2 Å². The van der Waals surface area contributed by atoms with E-state index < -0.39 is 0 Å². The Labute approximate surface area is 117 Å². The fraction of sp³-hybridized carbons (Fsp3) is 0.467. The fourth-order valence-corrected chi connectivity index (χ4v) is 2.96. The number of allylic oxidation sites excluding steroid dienone is 2. The van der Waals surface area contributed by atoms with Crippen LogP contribution in [-0.4, -0.2) is 20.6 Å². The number of aromatic nitrogens is 2. The highest BCUT2D eigenvalue weighted by atomic mass is 16.2. The molecular weight excluding hydrogens is 254 g/mol. The molecule has 0 radical (unpaired) electrons.